The number of ether oxygens (including phenoxy) is 4. The first-order chi connectivity index (χ1) is 17.8. The Hall–Kier alpha value is -1.43. The topological polar surface area (TPSA) is 57.3 Å². The highest BCUT2D eigenvalue weighted by atomic mass is 16.6. The number of benzene rings is 1. The molecule has 1 saturated heterocycles. The van der Waals surface area contributed by atoms with Crippen molar-refractivity contribution in [1.29, 1.82) is 0 Å². The fourth-order valence-corrected chi connectivity index (χ4v) is 4.35. The second kappa shape index (κ2) is 21.6. The minimum absolute atomic E-state index is 0.178. The molecule has 0 spiro atoms. The molecule has 0 radical (unpaired) electrons. The Bertz CT molecular complexity index is 631. The second-order valence-electron chi connectivity index (χ2n) is 10.3. The van der Waals surface area contributed by atoms with Gasteiger partial charge < -0.3 is 18.9 Å². The van der Waals surface area contributed by atoms with Crippen LogP contribution in [0.1, 0.15) is 120 Å². The number of carbonyl (C=O) groups excluding carboxylic acids is 1. The Labute approximate surface area is 220 Å². The third-order valence-corrected chi connectivity index (χ3v) is 6.78. The Balaban J connectivity index is 1.38. The van der Waals surface area contributed by atoms with Crippen molar-refractivity contribution in [3.8, 4) is 0 Å². The number of carbonyl (C=O) groups is 1. The third-order valence-electron chi connectivity index (χ3n) is 6.78. The molecule has 0 aliphatic carbocycles. The van der Waals surface area contributed by atoms with E-state index in [0.29, 0.717) is 18.8 Å². The van der Waals surface area contributed by atoms with Crippen molar-refractivity contribution in [2.45, 2.75) is 122 Å². The Morgan fingerprint density at radius 2 is 1.33 bits per heavy atom. The third kappa shape index (κ3) is 17.1. The van der Waals surface area contributed by atoms with Gasteiger partial charge in [0.2, 0.25) is 0 Å². The maximum Gasteiger partial charge on any atom is 0.338 e. The first-order valence-electron chi connectivity index (χ1n) is 14.8. The molecule has 1 aliphatic rings. The molecule has 1 aromatic rings. The molecule has 2 atom stereocenters. The van der Waals surface area contributed by atoms with Gasteiger partial charge in [-0.3, -0.25) is 0 Å². The van der Waals surface area contributed by atoms with Crippen LogP contribution in [0.5, 0.6) is 0 Å². The summed E-state index contributed by atoms with van der Waals surface area (Å²) in [5, 5.41) is 0. The molecule has 0 aromatic heterocycles. The molecule has 1 heterocycles. The number of epoxide rings is 1. The van der Waals surface area contributed by atoms with Crippen molar-refractivity contribution in [1.82, 2.24) is 0 Å². The smallest absolute Gasteiger partial charge is 0.338 e. The molecule has 0 N–H and O–H groups in total. The Morgan fingerprint density at radius 1 is 0.806 bits per heavy atom. The van der Waals surface area contributed by atoms with Gasteiger partial charge >= 0.3 is 5.97 Å². The van der Waals surface area contributed by atoms with E-state index in [2.05, 4.69) is 6.92 Å². The Kier molecular flexibility index (Phi) is 18.5. The van der Waals surface area contributed by atoms with Gasteiger partial charge in [-0.05, 0) is 18.6 Å². The van der Waals surface area contributed by atoms with E-state index in [4.69, 9.17) is 18.9 Å². The van der Waals surface area contributed by atoms with Crippen LogP contribution in [0.3, 0.4) is 0 Å². The number of esters is 1. The van der Waals surface area contributed by atoms with Gasteiger partial charge in [0.15, 0.2) is 0 Å². The van der Waals surface area contributed by atoms with Crippen molar-refractivity contribution in [3.05, 3.63) is 35.9 Å². The quantitative estimate of drug-likeness (QED) is 0.0769. The lowest BCUT2D eigenvalue weighted by atomic mass is 10.0. The lowest BCUT2D eigenvalue weighted by molar-refractivity contribution is -0.0535. The molecule has 5 heteroatoms. The summed E-state index contributed by atoms with van der Waals surface area (Å²) in [6.45, 7) is 4.91. The first kappa shape index (κ1) is 30.8. The summed E-state index contributed by atoms with van der Waals surface area (Å²) in [6.07, 6.45) is 21.7. The van der Waals surface area contributed by atoms with Gasteiger partial charge in [0.1, 0.15) is 18.8 Å². The molecule has 1 fully saturated rings. The van der Waals surface area contributed by atoms with E-state index < -0.39 is 0 Å². The van der Waals surface area contributed by atoms with Gasteiger partial charge in [0, 0.05) is 6.61 Å². The van der Waals surface area contributed by atoms with Gasteiger partial charge in [-0.15, -0.1) is 0 Å². The van der Waals surface area contributed by atoms with E-state index in [-0.39, 0.29) is 24.8 Å². The first-order valence-corrected chi connectivity index (χ1v) is 14.8. The fourth-order valence-electron chi connectivity index (χ4n) is 4.35. The Morgan fingerprint density at radius 3 is 1.86 bits per heavy atom. The second-order valence-corrected chi connectivity index (χ2v) is 10.3. The molecule has 2 unspecified atom stereocenters. The molecule has 1 aliphatic heterocycles. The van der Waals surface area contributed by atoms with E-state index in [1.54, 1.807) is 12.1 Å². The lowest BCUT2D eigenvalue weighted by Gasteiger charge is -2.18. The van der Waals surface area contributed by atoms with Crippen molar-refractivity contribution in [3.63, 3.8) is 0 Å². The van der Waals surface area contributed by atoms with Crippen LogP contribution < -0.4 is 0 Å². The van der Waals surface area contributed by atoms with Crippen LogP contribution in [0.15, 0.2) is 30.3 Å². The maximum absolute atomic E-state index is 12.2. The normalized spacial score (nSPS) is 15.6. The molecule has 36 heavy (non-hydrogen) atoms. The summed E-state index contributed by atoms with van der Waals surface area (Å²) in [4.78, 5) is 12.2. The molecular formula is C31H52O5. The molecule has 1 aromatic carbocycles. The number of hydrogen-bond donors (Lipinski definition) is 0. The van der Waals surface area contributed by atoms with Crippen molar-refractivity contribution < 1.29 is 23.7 Å². The van der Waals surface area contributed by atoms with Crippen LogP contribution in [0, 0.1) is 0 Å². The number of hydrogen-bond acceptors (Lipinski definition) is 5. The van der Waals surface area contributed by atoms with Crippen LogP contribution in [0.2, 0.25) is 0 Å². The van der Waals surface area contributed by atoms with Crippen molar-refractivity contribution >= 4 is 5.97 Å². The highest BCUT2D eigenvalue weighted by Crippen LogP contribution is 2.14. The summed E-state index contributed by atoms with van der Waals surface area (Å²) in [7, 11) is 0. The minimum Gasteiger partial charge on any atom is -0.459 e. The van der Waals surface area contributed by atoms with Crippen LogP contribution in [0.25, 0.3) is 0 Å². The van der Waals surface area contributed by atoms with Crippen molar-refractivity contribution in [2.75, 3.05) is 33.0 Å². The summed E-state index contributed by atoms with van der Waals surface area (Å²) in [5.41, 5.74) is 0.552. The molecule has 5 nitrogen and oxygen atoms in total. The molecule has 2 rings (SSSR count). The average molecular weight is 505 g/mol. The molecule has 0 amide bonds. The maximum atomic E-state index is 12.2. The predicted octanol–water partition coefficient (Wildman–Crippen LogP) is 7.91. The van der Waals surface area contributed by atoms with Crippen LogP contribution in [-0.2, 0) is 18.9 Å². The van der Waals surface area contributed by atoms with Crippen molar-refractivity contribution in [2.24, 2.45) is 0 Å². The summed E-state index contributed by atoms with van der Waals surface area (Å²) in [5.74, 6) is -0.329. The number of unbranched alkanes of at least 4 members (excludes halogenated alkanes) is 15. The van der Waals surface area contributed by atoms with Gasteiger partial charge in [-0.1, -0.05) is 121 Å². The zero-order valence-corrected chi connectivity index (χ0v) is 22.9. The molecular weight excluding hydrogens is 452 g/mol. The zero-order valence-electron chi connectivity index (χ0n) is 22.9. The SMILES string of the molecule is CCCCCCCCCCCCCCCCCCOCC(COC(=O)c1ccccc1)OCC1CO1. The number of rotatable bonds is 25. The zero-order chi connectivity index (χ0) is 25.5. The molecule has 0 saturated carbocycles. The van der Waals surface area contributed by atoms with Gasteiger partial charge in [0.05, 0.1) is 25.4 Å². The van der Waals surface area contributed by atoms with E-state index in [1.165, 1.54) is 96.3 Å². The lowest BCUT2D eigenvalue weighted by Crippen LogP contribution is -2.29. The van der Waals surface area contributed by atoms with Gasteiger partial charge in [-0.2, -0.15) is 0 Å². The minimum atomic E-state index is -0.329. The van der Waals surface area contributed by atoms with Gasteiger partial charge in [0.25, 0.3) is 0 Å². The van der Waals surface area contributed by atoms with E-state index >= 15 is 0 Å². The summed E-state index contributed by atoms with van der Waals surface area (Å²) in [6, 6.07) is 9.05. The summed E-state index contributed by atoms with van der Waals surface area (Å²) >= 11 is 0. The largest absolute Gasteiger partial charge is 0.459 e. The average Bonchev–Trinajstić information content (AvgIpc) is 3.74. The van der Waals surface area contributed by atoms with E-state index in [9.17, 15) is 4.79 Å². The predicted molar refractivity (Wildman–Crippen MR) is 147 cm³/mol. The van der Waals surface area contributed by atoms with Crippen LogP contribution in [0.4, 0.5) is 0 Å². The van der Waals surface area contributed by atoms with Crippen LogP contribution >= 0.6 is 0 Å². The summed E-state index contributed by atoms with van der Waals surface area (Å²) < 4.78 is 22.4. The van der Waals surface area contributed by atoms with E-state index in [0.717, 1.165) is 19.6 Å². The van der Waals surface area contributed by atoms with Crippen LogP contribution in [-0.4, -0.2) is 51.2 Å². The molecule has 0 bridgehead atoms. The standard InChI is InChI=1S/C31H52O5/c1-2-3-4-5-6-7-8-9-10-11-12-13-14-15-16-20-23-33-24-29(34-25-30-26-35-30)27-36-31(32)28-21-18-17-19-22-28/h17-19,21-22,29-30H,2-16,20,23-27H2,1H3. The highest BCUT2D eigenvalue weighted by Gasteiger charge is 2.25. The monoisotopic (exact) mass is 504 g/mol. The van der Waals surface area contributed by atoms with Gasteiger partial charge in [-0.25, -0.2) is 4.79 Å². The fraction of sp³-hybridized carbons (Fsp3) is 0.774. The molecule has 206 valence electrons. The van der Waals surface area contributed by atoms with E-state index in [1.807, 2.05) is 18.2 Å². The highest BCUT2D eigenvalue weighted by molar-refractivity contribution is 5.89.